The van der Waals surface area contributed by atoms with Gasteiger partial charge >= 0.3 is 0 Å². The number of nitrogens with one attached hydrogen (secondary N) is 1. The molecule has 2 unspecified atom stereocenters. The highest BCUT2D eigenvalue weighted by Crippen LogP contribution is 2.35. The Kier molecular flexibility index (Phi) is 8.71. The molecule has 0 spiro atoms. The first kappa shape index (κ1) is 27.0. The lowest BCUT2D eigenvalue weighted by Crippen LogP contribution is -2.47. The molecule has 0 bridgehead atoms. The first-order valence-corrected chi connectivity index (χ1v) is 13.2. The number of ether oxygens (including phenoxy) is 1. The van der Waals surface area contributed by atoms with E-state index < -0.39 is 23.5 Å². The summed E-state index contributed by atoms with van der Waals surface area (Å²) in [5.74, 6) is -1.21. The molecule has 1 amide bonds. The van der Waals surface area contributed by atoms with Crippen molar-refractivity contribution in [2.75, 3.05) is 0 Å². The number of amides is 1. The number of fused-ring (bicyclic) bond motifs is 1. The van der Waals surface area contributed by atoms with Gasteiger partial charge in [-0.15, -0.1) is 11.3 Å². The minimum absolute atomic E-state index is 0.0419. The molecule has 190 valence electrons. The summed E-state index contributed by atoms with van der Waals surface area (Å²) in [4.78, 5) is 30.6. The summed E-state index contributed by atoms with van der Waals surface area (Å²) in [5, 5.41) is 27.7. The summed E-state index contributed by atoms with van der Waals surface area (Å²) < 4.78 is 5.91. The summed E-state index contributed by atoms with van der Waals surface area (Å²) in [7, 11) is 0. The van der Waals surface area contributed by atoms with E-state index in [0.717, 1.165) is 35.5 Å². The van der Waals surface area contributed by atoms with E-state index in [1.54, 1.807) is 32.1 Å². The Morgan fingerprint density at radius 2 is 1.94 bits per heavy atom. The third-order valence-corrected chi connectivity index (χ3v) is 8.35. The molecular formula is C26H40N2O5S. The molecule has 3 N–H and O–H groups in total. The third kappa shape index (κ3) is 6.53. The molecule has 0 radical (unpaired) electrons. The number of Topliss-reactive ketones (excluding diaryl/α,β-unsaturated/α-hetero) is 1. The highest BCUT2D eigenvalue weighted by Gasteiger charge is 2.44. The third-order valence-electron chi connectivity index (χ3n) is 7.56. The van der Waals surface area contributed by atoms with Crippen LogP contribution in [0.1, 0.15) is 77.4 Å². The van der Waals surface area contributed by atoms with Gasteiger partial charge in [-0.1, -0.05) is 34.1 Å². The maximum atomic E-state index is 13.2. The number of carbonyl (C=O) groups excluding carboxylic acids is 2. The van der Waals surface area contributed by atoms with Gasteiger partial charge in [0.2, 0.25) is 5.91 Å². The molecule has 7 nitrogen and oxygen atoms in total. The maximum Gasteiger partial charge on any atom is 0.223 e. The van der Waals surface area contributed by atoms with Crippen molar-refractivity contribution in [1.82, 2.24) is 10.3 Å². The van der Waals surface area contributed by atoms with Gasteiger partial charge in [0.15, 0.2) is 0 Å². The Bertz CT molecular complexity index is 911. The van der Waals surface area contributed by atoms with Gasteiger partial charge in [-0.3, -0.25) is 9.59 Å². The van der Waals surface area contributed by atoms with Crippen LogP contribution in [0, 0.1) is 24.2 Å². The average Bonchev–Trinajstić information content (AvgIpc) is 3.38. The molecule has 8 heteroatoms. The number of ketones is 1. The fourth-order valence-corrected chi connectivity index (χ4v) is 5.48. The van der Waals surface area contributed by atoms with E-state index in [1.165, 1.54) is 0 Å². The maximum absolute atomic E-state index is 13.2. The number of carbonyl (C=O) groups is 2. The van der Waals surface area contributed by atoms with Crippen LogP contribution in [0.25, 0.3) is 6.08 Å². The highest BCUT2D eigenvalue weighted by molar-refractivity contribution is 7.09. The van der Waals surface area contributed by atoms with Crippen LogP contribution in [0.3, 0.4) is 0 Å². The smallest absolute Gasteiger partial charge is 0.223 e. The van der Waals surface area contributed by atoms with Crippen LogP contribution < -0.4 is 5.32 Å². The number of hydrogen-bond acceptors (Lipinski definition) is 7. The van der Waals surface area contributed by atoms with Crippen molar-refractivity contribution >= 4 is 29.1 Å². The molecule has 7 atom stereocenters. The van der Waals surface area contributed by atoms with Crippen LogP contribution in [0.4, 0.5) is 0 Å². The quantitative estimate of drug-likeness (QED) is 0.543. The Balaban J connectivity index is 1.81. The van der Waals surface area contributed by atoms with E-state index in [0.29, 0.717) is 6.42 Å². The number of hydrogen-bond donors (Lipinski definition) is 3. The van der Waals surface area contributed by atoms with Gasteiger partial charge in [-0.05, 0) is 44.3 Å². The van der Waals surface area contributed by atoms with E-state index in [9.17, 15) is 19.8 Å². The van der Waals surface area contributed by atoms with Crippen molar-refractivity contribution in [3.63, 3.8) is 0 Å². The zero-order chi connectivity index (χ0) is 25.2. The van der Waals surface area contributed by atoms with Crippen LogP contribution in [0.15, 0.2) is 11.0 Å². The van der Waals surface area contributed by atoms with Gasteiger partial charge in [-0.2, -0.15) is 0 Å². The van der Waals surface area contributed by atoms with Gasteiger partial charge in [0, 0.05) is 17.7 Å². The van der Waals surface area contributed by atoms with Gasteiger partial charge in [0.1, 0.15) is 5.78 Å². The lowest BCUT2D eigenvalue weighted by atomic mass is 9.73. The van der Waals surface area contributed by atoms with E-state index in [4.69, 9.17) is 4.74 Å². The van der Waals surface area contributed by atoms with Crippen molar-refractivity contribution in [1.29, 1.82) is 0 Å². The number of aliphatic hydroxyl groups excluding tert-OH is 2. The number of nitrogens with zero attached hydrogens (tertiary/aromatic N) is 1. The Labute approximate surface area is 207 Å². The SMILES string of the molecule is CC(=Cc1csc(C)n1)C1CC2O[C@@H]2CCC[C@H](C)[C@H](O)[C@@H](C)C(=O)C(C)(C)[C@@H](O)CC(=O)N1. The summed E-state index contributed by atoms with van der Waals surface area (Å²) >= 11 is 1.58. The van der Waals surface area contributed by atoms with Gasteiger partial charge in [0.25, 0.3) is 0 Å². The minimum Gasteiger partial charge on any atom is -0.392 e. The predicted octanol–water partition coefficient (Wildman–Crippen LogP) is 3.66. The van der Waals surface area contributed by atoms with Crippen LogP contribution >= 0.6 is 11.3 Å². The molecule has 0 aliphatic carbocycles. The van der Waals surface area contributed by atoms with E-state index in [1.807, 2.05) is 32.2 Å². The summed E-state index contributed by atoms with van der Waals surface area (Å²) in [6.07, 6.45) is 3.31. The Morgan fingerprint density at radius 3 is 2.59 bits per heavy atom. The summed E-state index contributed by atoms with van der Waals surface area (Å²) in [6.45, 7) is 10.9. The molecular weight excluding hydrogens is 452 g/mol. The second-order valence-corrected chi connectivity index (χ2v) is 11.8. The monoisotopic (exact) mass is 492 g/mol. The number of aryl methyl sites for hydroxylation is 1. The molecule has 2 fully saturated rings. The number of aliphatic hydroxyl groups is 2. The fraction of sp³-hybridized carbons (Fsp3) is 0.731. The van der Waals surface area contributed by atoms with E-state index >= 15 is 0 Å². The molecule has 3 heterocycles. The number of aromatic nitrogens is 1. The van der Waals surface area contributed by atoms with Gasteiger partial charge in [0.05, 0.1) is 53.0 Å². The molecule has 0 saturated carbocycles. The summed E-state index contributed by atoms with van der Waals surface area (Å²) in [5.41, 5.74) is 0.685. The zero-order valence-electron chi connectivity index (χ0n) is 21.2. The molecule has 2 aliphatic heterocycles. The Morgan fingerprint density at radius 1 is 1.24 bits per heavy atom. The lowest BCUT2D eigenvalue weighted by molar-refractivity contribution is -0.143. The molecule has 34 heavy (non-hydrogen) atoms. The highest BCUT2D eigenvalue weighted by atomic mass is 32.1. The molecule has 1 aromatic rings. The second-order valence-electron chi connectivity index (χ2n) is 10.7. The lowest BCUT2D eigenvalue weighted by Gasteiger charge is -2.34. The first-order valence-electron chi connectivity index (χ1n) is 12.4. The number of epoxide rings is 1. The minimum atomic E-state index is -1.16. The summed E-state index contributed by atoms with van der Waals surface area (Å²) in [6, 6.07) is -0.247. The normalized spacial score (nSPS) is 36.0. The van der Waals surface area contributed by atoms with Crippen molar-refractivity contribution in [3.8, 4) is 0 Å². The standard InChI is InChI=1S/C26H40N2O5S/c1-14-8-7-9-20-21(33-20)11-19(15(2)10-18-13-34-17(4)27-18)28-23(30)12-22(29)26(5,6)25(32)16(3)24(14)31/h10,13-14,16,19-22,24,29,31H,7-9,11-12H2,1-6H3,(H,28,30)/t14-,16+,19?,20+,21?,22-,24-/m0/s1. The van der Waals surface area contributed by atoms with Gasteiger partial charge in [-0.25, -0.2) is 4.98 Å². The molecule has 2 aliphatic rings. The topological polar surface area (TPSA) is 112 Å². The first-order chi connectivity index (χ1) is 15.9. The zero-order valence-corrected chi connectivity index (χ0v) is 22.0. The van der Waals surface area contributed by atoms with Crippen molar-refractivity contribution < 1.29 is 24.5 Å². The van der Waals surface area contributed by atoms with Crippen molar-refractivity contribution in [3.05, 3.63) is 21.7 Å². The molecule has 1 aromatic heterocycles. The van der Waals surface area contributed by atoms with Crippen LogP contribution in [-0.4, -0.2) is 57.3 Å². The van der Waals surface area contributed by atoms with Crippen LogP contribution in [0.2, 0.25) is 0 Å². The largest absolute Gasteiger partial charge is 0.392 e. The Hall–Kier alpha value is -1.61. The van der Waals surface area contributed by atoms with Crippen LogP contribution in [-0.2, 0) is 14.3 Å². The second kappa shape index (κ2) is 11.0. The average molecular weight is 493 g/mol. The fourth-order valence-electron chi connectivity index (χ4n) is 4.91. The van der Waals surface area contributed by atoms with Crippen LogP contribution in [0.5, 0.6) is 0 Å². The number of rotatable bonds is 2. The van der Waals surface area contributed by atoms with Gasteiger partial charge < -0.3 is 20.3 Å². The van der Waals surface area contributed by atoms with Crippen molar-refractivity contribution in [2.24, 2.45) is 17.3 Å². The molecule has 0 aromatic carbocycles. The van der Waals surface area contributed by atoms with E-state index in [-0.39, 0.29) is 42.3 Å². The number of thiazole rings is 1. The molecule has 2 saturated heterocycles. The predicted molar refractivity (Wildman–Crippen MR) is 133 cm³/mol. The van der Waals surface area contributed by atoms with Crippen molar-refractivity contribution in [2.45, 2.75) is 104 Å². The molecule has 3 rings (SSSR count). The van der Waals surface area contributed by atoms with E-state index in [2.05, 4.69) is 10.3 Å².